The summed E-state index contributed by atoms with van der Waals surface area (Å²) in [4.78, 5) is 13.8. The molecule has 1 aliphatic rings. The summed E-state index contributed by atoms with van der Waals surface area (Å²) >= 11 is 6.65. The van der Waals surface area contributed by atoms with Gasteiger partial charge in [-0.3, -0.25) is 4.90 Å². The van der Waals surface area contributed by atoms with Crippen molar-refractivity contribution in [2.45, 2.75) is 26.7 Å². The van der Waals surface area contributed by atoms with Crippen LogP contribution in [0.5, 0.6) is 0 Å². The van der Waals surface area contributed by atoms with Crippen molar-refractivity contribution in [3.63, 3.8) is 0 Å². The molecule has 0 unspecified atom stereocenters. The number of halogens is 1. The summed E-state index contributed by atoms with van der Waals surface area (Å²) in [5.41, 5.74) is 4.81. The SMILES string of the molecule is CCCN1CCN(c2ccc(Nc3nccc(Nc4ccc(C)cc4CC#N)n3)cc2Cl)CC1. The summed E-state index contributed by atoms with van der Waals surface area (Å²) in [5.74, 6) is 1.11. The van der Waals surface area contributed by atoms with Crippen LogP contribution in [0.4, 0.5) is 28.8 Å². The Labute approximate surface area is 206 Å². The first-order valence-electron chi connectivity index (χ1n) is 11.7. The van der Waals surface area contributed by atoms with Crippen LogP contribution in [-0.2, 0) is 6.42 Å². The van der Waals surface area contributed by atoms with Gasteiger partial charge in [-0.25, -0.2) is 4.98 Å². The average molecular weight is 476 g/mol. The molecule has 2 N–H and O–H groups in total. The average Bonchev–Trinajstić information content (AvgIpc) is 2.82. The summed E-state index contributed by atoms with van der Waals surface area (Å²) in [5, 5.41) is 16.4. The third kappa shape index (κ3) is 5.96. The molecular weight excluding hydrogens is 446 g/mol. The van der Waals surface area contributed by atoms with Gasteiger partial charge in [-0.1, -0.05) is 36.2 Å². The van der Waals surface area contributed by atoms with E-state index in [0.717, 1.165) is 60.9 Å². The normalized spacial score (nSPS) is 14.0. The summed E-state index contributed by atoms with van der Waals surface area (Å²) in [7, 11) is 0. The fourth-order valence-corrected chi connectivity index (χ4v) is 4.50. The van der Waals surface area contributed by atoms with E-state index in [1.807, 2.05) is 37.3 Å². The van der Waals surface area contributed by atoms with E-state index in [1.54, 1.807) is 12.3 Å². The summed E-state index contributed by atoms with van der Waals surface area (Å²) in [6.45, 7) is 9.48. The number of aryl methyl sites for hydroxylation is 1. The third-order valence-corrected chi connectivity index (χ3v) is 6.21. The molecule has 2 aromatic carbocycles. The number of piperazine rings is 1. The number of nitriles is 1. The molecule has 2 heterocycles. The summed E-state index contributed by atoms with van der Waals surface area (Å²) in [6, 6.07) is 16.0. The van der Waals surface area contributed by atoms with Crippen molar-refractivity contribution in [2.75, 3.05) is 48.3 Å². The van der Waals surface area contributed by atoms with Gasteiger partial charge in [-0.2, -0.15) is 10.2 Å². The fraction of sp³-hybridized carbons (Fsp3) is 0.346. The molecular formula is C26H30ClN7. The number of benzene rings is 2. The molecule has 0 spiro atoms. The maximum absolute atomic E-state index is 9.14. The molecule has 8 heteroatoms. The zero-order chi connectivity index (χ0) is 23.9. The molecule has 1 fully saturated rings. The summed E-state index contributed by atoms with van der Waals surface area (Å²) in [6.07, 6.45) is 3.21. The second kappa shape index (κ2) is 11.2. The van der Waals surface area contributed by atoms with Crippen LogP contribution in [0.15, 0.2) is 48.7 Å². The Morgan fingerprint density at radius 1 is 1.06 bits per heavy atom. The molecule has 176 valence electrons. The van der Waals surface area contributed by atoms with E-state index in [-0.39, 0.29) is 0 Å². The number of aromatic nitrogens is 2. The highest BCUT2D eigenvalue weighted by Gasteiger charge is 2.18. The second-order valence-electron chi connectivity index (χ2n) is 8.51. The number of rotatable bonds is 8. The Hall–Kier alpha value is -3.34. The first-order valence-corrected chi connectivity index (χ1v) is 12.0. The van der Waals surface area contributed by atoms with Crippen LogP contribution in [-0.4, -0.2) is 47.6 Å². The smallest absolute Gasteiger partial charge is 0.229 e. The molecule has 3 aromatic rings. The van der Waals surface area contributed by atoms with Crippen molar-refractivity contribution in [3.05, 3.63) is 64.8 Å². The van der Waals surface area contributed by atoms with Gasteiger partial charge in [0.15, 0.2) is 0 Å². The standard InChI is InChI=1S/C26H30ClN7/c1-3-12-33-13-15-34(16-14-33)24-7-5-21(18-22(24)27)30-26-29-11-9-25(32-26)31-23-6-4-19(2)17-20(23)8-10-28/h4-7,9,11,17-18H,3,8,12-16H2,1-2H3,(H2,29,30,31,32). The van der Waals surface area contributed by atoms with Gasteiger partial charge >= 0.3 is 0 Å². The molecule has 0 amide bonds. The quantitative estimate of drug-likeness (QED) is 0.443. The molecule has 4 rings (SSSR count). The number of hydrogen-bond acceptors (Lipinski definition) is 7. The molecule has 1 saturated heterocycles. The monoisotopic (exact) mass is 475 g/mol. The van der Waals surface area contributed by atoms with Gasteiger partial charge in [0, 0.05) is 43.8 Å². The van der Waals surface area contributed by atoms with Crippen molar-refractivity contribution >= 4 is 40.4 Å². The lowest BCUT2D eigenvalue weighted by Crippen LogP contribution is -2.46. The highest BCUT2D eigenvalue weighted by atomic mass is 35.5. The van der Waals surface area contributed by atoms with Crippen LogP contribution in [0.3, 0.4) is 0 Å². The highest BCUT2D eigenvalue weighted by molar-refractivity contribution is 6.33. The maximum Gasteiger partial charge on any atom is 0.229 e. The van der Waals surface area contributed by atoms with Gasteiger partial charge in [0.05, 0.1) is 23.2 Å². The lowest BCUT2D eigenvalue weighted by Gasteiger charge is -2.36. The van der Waals surface area contributed by atoms with E-state index in [1.165, 1.54) is 6.42 Å². The highest BCUT2D eigenvalue weighted by Crippen LogP contribution is 2.31. The van der Waals surface area contributed by atoms with Gasteiger partial charge in [-0.15, -0.1) is 0 Å². The van der Waals surface area contributed by atoms with Crippen molar-refractivity contribution in [3.8, 4) is 6.07 Å². The van der Waals surface area contributed by atoms with E-state index in [2.05, 4.69) is 49.5 Å². The van der Waals surface area contributed by atoms with Gasteiger partial charge in [0.1, 0.15) is 5.82 Å². The molecule has 7 nitrogen and oxygen atoms in total. The number of anilines is 5. The van der Waals surface area contributed by atoms with Crippen LogP contribution in [0.1, 0.15) is 24.5 Å². The molecule has 1 aromatic heterocycles. The number of nitrogens with one attached hydrogen (secondary N) is 2. The second-order valence-corrected chi connectivity index (χ2v) is 8.91. The minimum absolute atomic E-state index is 0.332. The molecule has 1 aliphatic heterocycles. The third-order valence-electron chi connectivity index (χ3n) is 5.91. The van der Waals surface area contributed by atoms with E-state index in [0.29, 0.717) is 23.2 Å². The lowest BCUT2D eigenvalue weighted by molar-refractivity contribution is 0.258. The Kier molecular flexibility index (Phi) is 7.84. The molecule has 34 heavy (non-hydrogen) atoms. The van der Waals surface area contributed by atoms with Crippen LogP contribution in [0.25, 0.3) is 0 Å². The first kappa shape index (κ1) is 23.8. The Morgan fingerprint density at radius 3 is 2.62 bits per heavy atom. The fourth-order valence-electron chi connectivity index (χ4n) is 4.20. The van der Waals surface area contributed by atoms with E-state index in [4.69, 9.17) is 16.9 Å². The van der Waals surface area contributed by atoms with Gasteiger partial charge in [-0.05, 0) is 55.8 Å². The Morgan fingerprint density at radius 2 is 1.88 bits per heavy atom. The molecule has 0 aliphatic carbocycles. The Bertz CT molecular complexity index is 1170. The molecule has 0 bridgehead atoms. The van der Waals surface area contributed by atoms with Crippen molar-refractivity contribution in [2.24, 2.45) is 0 Å². The summed E-state index contributed by atoms with van der Waals surface area (Å²) < 4.78 is 0. The van der Waals surface area contributed by atoms with Crippen molar-refractivity contribution < 1.29 is 0 Å². The number of hydrogen-bond donors (Lipinski definition) is 2. The van der Waals surface area contributed by atoms with Crippen LogP contribution in [0, 0.1) is 18.3 Å². The van der Waals surface area contributed by atoms with Crippen LogP contribution >= 0.6 is 11.6 Å². The minimum atomic E-state index is 0.332. The van der Waals surface area contributed by atoms with Crippen molar-refractivity contribution in [1.29, 1.82) is 5.26 Å². The largest absolute Gasteiger partial charge is 0.368 e. The predicted molar refractivity (Wildman–Crippen MR) is 139 cm³/mol. The number of nitrogens with zero attached hydrogens (tertiary/aromatic N) is 5. The molecule has 0 radical (unpaired) electrons. The predicted octanol–water partition coefficient (Wildman–Crippen LogP) is 5.52. The van der Waals surface area contributed by atoms with Crippen molar-refractivity contribution in [1.82, 2.24) is 14.9 Å². The van der Waals surface area contributed by atoms with Crippen LogP contribution in [0.2, 0.25) is 5.02 Å². The molecule has 0 atom stereocenters. The van der Waals surface area contributed by atoms with Gasteiger partial charge < -0.3 is 15.5 Å². The maximum atomic E-state index is 9.14. The van der Waals surface area contributed by atoms with Gasteiger partial charge in [0.25, 0.3) is 0 Å². The topological polar surface area (TPSA) is 80.1 Å². The van der Waals surface area contributed by atoms with Gasteiger partial charge in [0.2, 0.25) is 5.95 Å². The first-order chi connectivity index (χ1) is 16.6. The zero-order valence-corrected chi connectivity index (χ0v) is 20.4. The zero-order valence-electron chi connectivity index (χ0n) is 19.7. The lowest BCUT2D eigenvalue weighted by atomic mass is 10.1. The van der Waals surface area contributed by atoms with E-state index in [9.17, 15) is 0 Å². The van der Waals surface area contributed by atoms with E-state index >= 15 is 0 Å². The molecule has 0 saturated carbocycles. The Balaban J connectivity index is 1.44. The van der Waals surface area contributed by atoms with Crippen LogP contribution < -0.4 is 15.5 Å². The minimum Gasteiger partial charge on any atom is -0.368 e. The van der Waals surface area contributed by atoms with E-state index < -0.39 is 0 Å².